The first-order valence-electron chi connectivity index (χ1n) is 8.43. The fourth-order valence-corrected chi connectivity index (χ4v) is 2.62. The molecule has 0 saturated heterocycles. The molecule has 0 fully saturated rings. The van der Waals surface area contributed by atoms with Crippen LogP contribution in [-0.2, 0) is 19.6 Å². The third kappa shape index (κ3) is 4.69. The van der Waals surface area contributed by atoms with Crippen molar-refractivity contribution in [3.05, 3.63) is 89.0 Å². The maximum atomic E-state index is 13.5. The van der Waals surface area contributed by atoms with Crippen LogP contribution in [0.25, 0.3) is 0 Å². The molecule has 5 nitrogen and oxygen atoms in total. The Hall–Kier alpha value is -3.15. The Morgan fingerprint density at radius 3 is 2.58 bits per heavy atom. The van der Waals surface area contributed by atoms with Crippen molar-refractivity contribution in [2.24, 2.45) is 0 Å². The van der Waals surface area contributed by atoms with Gasteiger partial charge < -0.3 is 10.6 Å². The van der Waals surface area contributed by atoms with Crippen molar-refractivity contribution in [2.75, 3.05) is 0 Å². The highest BCUT2D eigenvalue weighted by Crippen LogP contribution is 2.11. The summed E-state index contributed by atoms with van der Waals surface area (Å²) in [6.07, 6.45) is 3.64. The maximum Gasteiger partial charge on any atom is 0.315 e. The summed E-state index contributed by atoms with van der Waals surface area (Å²) in [6, 6.07) is 14.4. The van der Waals surface area contributed by atoms with Crippen molar-refractivity contribution in [2.45, 2.75) is 26.6 Å². The van der Waals surface area contributed by atoms with Crippen LogP contribution in [0.15, 0.2) is 60.9 Å². The van der Waals surface area contributed by atoms with E-state index in [2.05, 4.69) is 15.7 Å². The van der Waals surface area contributed by atoms with Crippen LogP contribution in [-0.4, -0.2) is 15.8 Å². The lowest BCUT2D eigenvalue weighted by molar-refractivity contribution is 0.240. The summed E-state index contributed by atoms with van der Waals surface area (Å²) < 4.78 is 15.4. The summed E-state index contributed by atoms with van der Waals surface area (Å²) in [5.41, 5.74) is 3.44. The molecule has 1 aromatic heterocycles. The number of nitrogens with zero attached hydrogens (tertiary/aromatic N) is 2. The van der Waals surface area contributed by atoms with Crippen molar-refractivity contribution in [1.29, 1.82) is 0 Å². The second-order valence-corrected chi connectivity index (χ2v) is 6.09. The number of benzene rings is 2. The first-order chi connectivity index (χ1) is 12.6. The van der Waals surface area contributed by atoms with E-state index in [0.29, 0.717) is 18.7 Å². The minimum Gasteiger partial charge on any atom is -0.334 e. The topological polar surface area (TPSA) is 59.0 Å². The van der Waals surface area contributed by atoms with Crippen molar-refractivity contribution < 1.29 is 9.18 Å². The van der Waals surface area contributed by atoms with Gasteiger partial charge in [0.25, 0.3) is 0 Å². The molecule has 2 N–H and O–H groups in total. The highest BCUT2D eigenvalue weighted by molar-refractivity contribution is 5.73. The highest BCUT2D eigenvalue weighted by Gasteiger charge is 2.06. The number of aromatic nitrogens is 2. The molecule has 0 bridgehead atoms. The monoisotopic (exact) mass is 352 g/mol. The Morgan fingerprint density at radius 2 is 1.85 bits per heavy atom. The number of urea groups is 1. The van der Waals surface area contributed by atoms with E-state index >= 15 is 0 Å². The Balaban J connectivity index is 1.53. The number of carbonyl (C=O) groups excluding carboxylic acids is 1. The van der Waals surface area contributed by atoms with Gasteiger partial charge in [0, 0.05) is 25.5 Å². The van der Waals surface area contributed by atoms with Crippen LogP contribution in [0.2, 0.25) is 0 Å². The van der Waals surface area contributed by atoms with E-state index in [-0.39, 0.29) is 18.4 Å². The minimum atomic E-state index is -0.292. The number of hydrogen-bond donors (Lipinski definition) is 2. The van der Waals surface area contributed by atoms with E-state index in [0.717, 1.165) is 16.7 Å². The van der Waals surface area contributed by atoms with Crippen LogP contribution in [0.3, 0.4) is 0 Å². The summed E-state index contributed by atoms with van der Waals surface area (Å²) in [5, 5.41) is 9.80. The molecule has 0 saturated carbocycles. The lowest BCUT2D eigenvalue weighted by atomic mass is 10.1. The molecular weight excluding hydrogens is 331 g/mol. The molecular formula is C20H21FN4O. The molecule has 134 valence electrons. The molecule has 0 aliphatic carbocycles. The predicted molar refractivity (Wildman–Crippen MR) is 98.0 cm³/mol. The molecule has 26 heavy (non-hydrogen) atoms. The van der Waals surface area contributed by atoms with Gasteiger partial charge in [0.2, 0.25) is 0 Å². The van der Waals surface area contributed by atoms with Crippen molar-refractivity contribution in [3.8, 4) is 0 Å². The molecule has 0 aliphatic rings. The molecule has 2 amide bonds. The lowest BCUT2D eigenvalue weighted by Crippen LogP contribution is -2.34. The quantitative estimate of drug-likeness (QED) is 0.714. The van der Waals surface area contributed by atoms with Crippen LogP contribution >= 0.6 is 0 Å². The largest absolute Gasteiger partial charge is 0.334 e. The second-order valence-electron chi connectivity index (χ2n) is 6.09. The predicted octanol–water partition coefficient (Wildman–Crippen LogP) is 3.38. The normalized spacial score (nSPS) is 10.5. The Morgan fingerprint density at radius 1 is 1.08 bits per heavy atom. The standard InChI is InChI=1S/C20H21FN4O/c1-15-7-8-16(11-19(15)21)12-22-20(26)23-13-17-5-2-3-6-18(17)14-25-10-4-9-24-25/h2-11H,12-14H2,1H3,(H2,22,23,26). The van der Waals surface area contributed by atoms with Crippen LogP contribution in [0.4, 0.5) is 9.18 Å². The van der Waals surface area contributed by atoms with Gasteiger partial charge in [0.15, 0.2) is 0 Å². The van der Waals surface area contributed by atoms with Crippen molar-refractivity contribution >= 4 is 6.03 Å². The Bertz CT molecular complexity index is 877. The number of hydrogen-bond acceptors (Lipinski definition) is 2. The summed E-state index contributed by atoms with van der Waals surface area (Å²) in [4.78, 5) is 12.0. The van der Waals surface area contributed by atoms with Gasteiger partial charge >= 0.3 is 6.03 Å². The third-order valence-corrected chi connectivity index (χ3v) is 4.14. The molecule has 1 heterocycles. The van der Waals surface area contributed by atoms with E-state index in [1.54, 1.807) is 25.3 Å². The lowest BCUT2D eigenvalue weighted by Gasteiger charge is -2.12. The van der Waals surface area contributed by atoms with Gasteiger partial charge in [0.1, 0.15) is 5.82 Å². The number of aryl methyl sites for hydroxylation is 1. The average Bonchev–Trinajstić information content (AvgIpc) is 3.15. The molecule has 0 aliphatic heterocycles. The molecule has 2 aromatic carbocycles. The number of carbonyl (C=O) groups is 1. The highest BCUT2D eigenvalue weighted by atomic mass is 19.1. The van der Waals surface area contributed by atoms with Crippen molar-refractivity contribution in [1.82, 2.24) is 20.4 Å². The zero-order chi connectivity index (χ0) is 18.4. The third-order valence-electron chi connectivity index (χ3n) is 4.14. The van der Waals surface area contributed by atoms with Gasteiger partial charge in [0.05, 0.1) is 6.54 Å². The van der Waals surface area contributed by atoms with Gasteiger partial charge in [-0.1, -0.05) is 36.4 Å². The molecule has 0 unspecified atom stereocenters. The first-order valence-corrected chi connectivity index (χ1v) is 8.43. The smallest absolute Gasteiger partial charge is 0.315 e. The van der Waals surface area contributed by atoms with E-state index in [1.807, 2.05) is 41.2 Å². The average molecular weight is 352 g/mol. The van der Waals surface area contributed by atoms with Crippen LogP contribution < -0.4 is 10.6 Å². The van der Waals surface area contributed by atoms with Crippen LogP contribution in [0.5, 0.6) is 0 Å². The van der Waals surface area contributed by atoms with Gasteiger partial charge in [-0.2, -0.15) is 5.10 Å². The van der Waals surface area contributed by atoms with E-state index in [9.17, 15) is 9.18 Å². The SMILES string of the molecule is Cc1ccc(CNC(=O)NCc2ccccc2Cn2cccn2)cc1F. The zero-order valence-corrected chi connectivity index (χ0v) is 14.6. The van der Waals surface area contributed by atoms with Gasteiger partial charge in [-0.05, 0) is 41.3 Å². The molecule has 0 spiro atoms. The fourth-order valence-electron chi connectivity index (χ4n) is 2.62. The first kappa shape index (κ1) is 17.7. The number of nitrogens with one attached hydrogen (secondary N) is 2. The Kier molecular flexibility index (Phi) is 5.63. The summed E-state index contributed by atoms with van der Waals surface area (Å²) in [6.45, 7) is 3.04. The molecule has 0 radical (unpaired) electrons. The van der Waals surface area contributed by atoms with Crippen molar-refractivity contribution in [3.63, 3.8) is 0 Å². The molecule has 6 heteroatoms. The summed E-state index contributed by atoms with van der Waals surface area (Å²) in [7, 11) is 0. The molecule has 3 rings (SSSR count). The molecule has 3 aromatic rings. The fraction of sp³-hybridized carbons (Fsp3) is 0.200. The van der Waals surface area contributed by atoms with E-state index in [1.165, 1.54) is 6.07 Å². The second kappa shape index (κ2) is 8.29. The number of halogens is 1. The Labute approximate surface area is 151 Å². The summed E-state index contributed by atoms with van der Waals surface area (Å²) >= 11 is 0. The van der Waals surface area contributed by atoms with Gasteiger partial charge in [-0.25, -0.2) is 9.18 Å². The molecule has 0 atom stereocenters. The van der Waals surface area contributed by atoms with Crippen LogP contribution in [0, 0.1) is 12.7 Å². The van der Waals surface area contributed by atoms with Gasteiger partial charge in [-0.3, -0.25) is 4.68 Å². The summed E-state index contributed by atoms with van der Waals surface area (Å²) in [5.74, 6) is -0.266. The van der Waals surface area contributed by atoms with E-state index in [4.69, 9.17) is 0 Å². The number of amides is 2. The minimum absolute atomic E-state index is 0.266. The number of rotatable bonds is 6. The van der Waals surface area contributed by atoms with Crippen LogP contribution in [0.1, 0.15) is 22.3 Å². The zero-order valence-electron chi connectivity index (χ0n) is 14.6. The van der Waals surface area contributed by atoms with E-state index < -0.39 is 0 Å². The van der Waals surface area contributed by atoms with Gasteiger partial charge in [-0.15, -0.1) is 0 Å². The maximum absolute atomic E-state index is 13.5.